The van der Waals surface area contributed by atoms with Gasteiger partial charge in [0.05, 0.1) is 6.61 Å². The number of hydrogen-bond donors (Lipinski definition) is 1. The molecule has 3 aliphatic rings. The van der Waals surface area contributed by atoms with Gasteiger partial charge in [-0.2, -0.15) is 0 Å². The van der Waals surface area contributed by atoms with E-state index in [1.165, 1.54) is 51.6 Å². The van der Waals surface area contributed by atoms with Gasteiger partial charge in [-0.1, -0.05) is 12.8 Å². The molecule has 0 amide bonds. The van der Waals surface area contributed by atoms with E-state index in [1.54, 1.807) is 0 Å². The van der Waals surface area contributed by atoms with E-state index in [2.05, 4.69) is 4.90 Å². The molecule has 0 aromatic heterocycles. The molecule has 15 heavy (non-hydrogen) atoms. The van der Waals surface area contributed by atoms with E-state index in [4.69, 9.17) is 5.11 Å². The summed E-state index contributed by atoms with van der Waals surface area (Å²) in [4.78, 5) is 2.48. The fourth-order valence-corrected chi connectivity index (χ4v) is 4.55. The largest absolute Gasteiger partial charge is 0.395 e. The van der Waals surface area contributed by atoms with Crippen molar-refractivity contribution >= 4 is 0 Å². The van der Waals surface area contributed by atoms with Crippen molar-refractivity contribution in [1.82, 2.24) is 4.90 Å². The minimum atomic E-state index is 0.336. The highest BCUT2D eigenvalue weighted by atomic mass is 16.3. The summed E-state index contributed by atoms with van der Waals surface area (Å²) in [5, 5.41) is 8.99. The maximum Gasteiger partial charge on any atom is 0.0558 e. The molecule has 1 spiro atoms. The molecule has 2 saturated carbocycles. The van der Waals surface area contributed by atoms with Crippen LogP contribution in [0.2, 0.25) is 0 Å². The van der Waals surface area contributed by atoms with E-state index in [9.17, 15) is 0 Å². The smallest absolute Gasteiger partial charge is 0.0558 e. The van der Waals surface area contributed by atoms with E-state index in [0.717, 1.165) is 18.4 Å². The molecule has 2 nitrogen and oxygen atoms in total. The predicted octanol–water partition coefficient (Wildman–Crippen LogP) is 1.88. The first-order valence-corrected chi connectivity index (χ1v) is 6.63. The number of hydrogen-bond acceptors (Lipinski definition) is 2. The summed E-state index contributed by atoms with van der Waals surface area (Å²) in [6, 6.07) is 0. The topological polar surface area (TPSA) is 23.5 Å². The summed E-state index contributed by atoms with van der Waals surface area (Å²) in [6.45, 7) is 3.75. The minimum absolute atomic E-state index is 0.336. The van der Waals surface area contributed by atoms with Crippen molar-refractivity contribution in [3.05, 3.63) is 0 Å². The van der Waals surface area contributed by atoms with E-state index in [1.807, 2.05) is 0 Å². The van der Waals surface area contributed by atoms with E-state index < -0.39 is 0 Å². The number of β-amino-alcohol motifs (C(OH)–C–C–N with tert-alkyl or cyclic N) is 1. The van der Waals surface area contributed by atoms with Gasteiger partial charge in [-0.15, -0.1) is 0 Å². The van der Waals surface area contributed by atoms with Gasteiger partial charge in [-0.05, 0) is 49.5 Å². The fraction of sp³-hybridized carbons (Fsp3) is 1.00. The van der Waals surface area contributed by atoms with Crippen LogP contribution in [0.4, 0.5) is 0 Å². The zero-order valence-corrected chi connectivity index (χ0v) is 9.62. The zero-order valence-electron chi connectivity index (χ0n) is 9.62. The molecule has 1 saturated heterocycles. The molecule has 3 rings (SSSR count). The lowest BCUT2D eigenvalue weighted by Gasteiger charge is -2.37. The maximum atomic E-state index is 8.99. The van der Waals surface area contributed by atoms with Crippen LogP contribution in [-0.4, -0.2) is 36.2 Å². The van der Waals surface area contributed by atoms with Gasteiger partial charge < -0.3 is 10.0 Å². The lowest BCUT2D eigenvalue weighted by Crippen LogP contribution is -2.33. The van der Waals surface area contributed by atoms with Gasteiger partial charge in [0.1, 0.15) is 0 Å². The molecule has 0 aromatic rings. The van der Waals surface area contributed by atoms with Gasteiger partial charge in [-0.3, -0.25) is 0 Å². The first kappa shape index (κ1) is 10.1. The first-order chi connectivity index (χ1) is 7.30. The van der Waals surface area contributed by atoms with Crippen molar-refractivity contribution in [3.63, 3.8) is 0 Å². The second-order valence-electron chi connectivity index (χ2n) is 6.20. The van der Waals surface area contributed by atoms with Crippen LogP contribution in [0, 0.1) is 17.3 Å². The normalized spacial score (nSPS) is 45.4. The van der Waals surface area contributed by atoms with Crippen LogP contribution >= 0.6 is 0 Å². The highest BCUT2D eigenvalue weighted by Gasteiger charge is 2.46. The molecule has 1 aliphatic heterocycles. The SMILES string of the molecule is OCCN1CCC2(CC3CCC(C3)C2)C1. The van der Waals surface area contributed by atoms with Crippen LogP contribution in [0.5, 0.6) is 0 Å². The molecule has 86 valence electrons. The molecule has 1 heterocycles. The third kappa shape index (κ3) is 1.83. The van der Waals surface area contributed by atoms with Gasteiger partial charge in [0.2, 0.25) is 0 Å². The number of fused-ring (bicyclic) bond motifs is 2. The first-order valence-electron chi connectivity index (χ1n) is 6.63. The molecule has 2 aliphatic carbocycles. The Kier molecular flexibility index (Phi) is 2.52. The van der Waals surface area contributed by atoms with Crippen LogP contribution in [0.15, 0.2) is 0 Å². The molecular formula is C13H23NO. The van der Waals surface area contributed by atoms with Crippen molar-refractivity contribution in [1.29, 1.82) is 0 Å². The van der Waals surface area contributed by atoms with Gasteiger partial charge in [0.25, 0.3) is 0 Å². The van der Waals surface area contributed by atoms with E-state index in [-0.39, 0.29) is 0 Å². The third-order valence-electron chi connectivity index (χ3n) is 5.03. The molecule has 2 bridgehead atoms. The van der Waals surface area contributed by atoms with Crippen LogP contribution < -0.4 is 0 Å². The standard InChI is InChI=1S/C13H23NO/c15-6-5-14-4-3-13(10-14)8-11-1-2-12(7-11)9-13/h11-12,15H,1-10H2. The highest BCUT2D eigenvalue weighted by Crippen LogP contribution is 2.54. The van der Waals surface area contributed by atoms with Crippen molar-refractivity contribution in [2.45, 2.75) is 38.5 Å². The van der Waals surface area contributed by atoms with Crippen LogP contribution in [-0.2, 0) is 0 Å². The van der Waals surface area contributed by atoms with Gasteiger partial charge in [0, 0.05) is 13.1 Å². The molecule has 1 N–H and O–H groups in total. The van der Waals surface area contributed by atoms with Crippen LogP contribution in [0.25, 0.3) is 0 Å². The minimum Gasteiger partial charge on any atom is -0.395 e. The monoisotopic (exact) mass is 209 g/mol. The summed E-state index contributed by atoms with van der Waals surface area (Å²) < 4.78 is 0. The van der Waals surface area contributed by atoms with Crippen molar-refractivity contribution in [2.24, 2.45) is 17.3 Å². The highest BCUT2D eigenvalue weighted by molar-refractivity contribution is 4.99. The average molecular weight is 209 g/mol. The number of aliphatic hydroxyl groups excluding tert-OH is 1. The summed E-state index contributed by atoms with van der Waals surface area (Å²) in [7, 11) is 0. The molecule has 2 heteroatoms. The van der Waals surface area contributed by atoms with Crippen LogP contribution in [0.1, 0.15) is 38.5 Å². The molecule has 3 fully saturated rings. The quantitative estimate of drug-likeness (QED) is 0.750. The molecule has 0 radical (unpaired) electrons. The Morgan fingerprint density at radius 1 is 1.20 bits per heavy atom. The second-order valence-corrected chi connectivity index (χ2v) is 6.20. The average Bonchev–Trinajstić information content (AvgIpc) is 2.73. The Balaban J connectivity index is 1.66. The number of aliphatic hydroxyl groups is 1. The number of nitrogens with zero attached hydrogens (tertiary/aromatic N) is 1. The summed E-state index contributed by atoms with van der Waals surface area (Å²) in [6.07, 6.45) is 8.93. The van der Waals surface area contributed by atoms with E-state index in [0.29, 0.717) is 12.0 Å². The van der Waals surface area contributed by atoms with E-state index >= 15 is 0 Å². The number of likely N-dealkylation sites (tertiary alicyclic amines) is 1. The lowest BCUT2D eigenvalue weighted by atomic mass is 9.68. The Hall–Kier alpha value is -0.0800. The molecular weight excluding hydrogens is 186 g/mol. The Morgan fingerprint density at radius 2 is 1.93 bits per heavy atom. The molecule has 2 unspecified atom stereocenters. The second kappa shape index (κ2) is 3.74. The Labute approximate surface area is 92.7 Å². The molecule has 2 atom stereocenters. The summed E-state index contributed by atoms with van der Waals surface area (Å²) in [5.41, 5.74) is 0.666. The van der Waals surface area contributed by atoms with Gasteiger partial charge >= 0.3 is 0 Å². The Morgan fingerprint density at radius 3 is 2.60 bits per heavy atom. The van der Waals surface area contributed by atoms with Crippen LogP contribution in [0.3, 0.4) is 0 Å². The lowest BCUT2D eigenvalue weighted by molar-refractivity contribution is 0.127. The van der Waals surface area contributed by atoms with Gasteiger partial charge in [-0.25, -0.2) is 0 Å². The Bertz CT molecular complexity index is 229. The zero-order chi connectivity index (χ0) is 10.3. The van der Waals surface area contributed by atoms with Crippen molar-refractivity contribution < 1.29 is 5.11 Å². The predicted molar refractivity (Wildman–Crippen MR) is 60.6 cm³/mol. The fourth-order valence-electron chi connectivity index (χ4n) is 4.55. The maximum absolute atomic E-state index is 8.99. The van der Waals surface area contributed by atoms with Crippen molar-refractivity contribution in [3.8, 4) is 0 Å². The summed E-state index contributed by atoms with van der Waals surface area (Å²) >= 11 is 0. The van der Waals surface area contributed by atoms with Crippen molar-refractivity contribution in [2.75, 3.05) is 26.2 Å². The van der Waals surface area contributed by atoms with Gasteiger partial charge in [0.15, 0.2) is 0 Å². The third-order valence-corrected chi connectivity index (χ3v) is 5.03. The number of rotatable bonds is 2. The summed E-state index contributed by atoms with van der Waals surface area (Å²) in [5.74, 6) is 2.11. The molecule has 0 aromatic carbocycles.